The van der Waals surface area contributed by atoms with Crippen molar-refractivity contribution < 1.29 is 19.1 Å². The van der Waals surface area contributed by atoms with Crippen molar-refractivity contribution in [2.45, 2.75) is 20.0 Å². The predicted molar refractivity (Wildman–Crippen MR) is 116 cm³/mol. The van der Waals surface area contributed by atoms with Crippen LogP contribution in [0.2, 0.25) is 0 Å². The second kappa shape index (κ2) is 9.71. The maximum absolute atomic E-state index is 12.6. The highest BCUT2D eigenvalue weighted by atomic mass is 32.1. The number of carbonyl (C=O) groups is 3. The number of thiophene rings is 1. The van der Waals surface area contributed by atoms with Crippen LogP contribution >= 0.6 is 11.3 Å². The number of amides is 3. The molecule has 0 unspecified atom stereocenters. The van der Waals surface area contributed by atoms with Gasteiger partial charge in [-0.25, -0.2) is 0 Å². The first-order valence-electron chi connectivity index (χ1n) is 9.25. The molecular formula is C22H21N3O4S. The zero-order chi connectivity index (χ0) is 21.5. The molecule has 0 bridgehead atoms. The first-order chi connectivity index (χ1) is 14.4. The molecule has 0 fully saturated rings. The molecule has 0 saturated heterocycles. The molecule has 0 aliphatic carbocycles. The summed E-state index contributed by atoms with van der Waals surface area (Å²) in [5.74, 6) is -0.677. The van der Waals surface area contributed by atoms with Crippen molar-refractivity contribution >= 4 is 34.7 Å². The third kappa shape index (κ3) is 5.45. The lowest BCUT2D eigenvalue weighted by atomic mass is 10.1. The highest BCUT2D eigenvalue weighted by Gasteiger charge is 2.15. The third-order valence-corrected chi connectivity index (χ3v) is 4.81. The summed E-state index contributed by atoms with van der Waals surface area (Å²) < 4.78 is 5.54. The van der Waals surface area contributed by atoms with Gasteiger partial charge in [0.15, 0.2) is 0 Å². The van der Waals surface area contributed by atoms with Crippen molar-refractivity contribution in [2.75, 3.05) is 5.32 Å². The Bertz CT molecular complexity index is 1030. The minimum absolute atomic E-state index is 0.0318. The SMILES string of the molecule is CC(C)Oc1ccc(C(=O)NNC(=O)c2ccccc2NC(=O)c2cccs2)cc1. The Balaban J connectivity index is 1.62. The summed E-state index contributed by atoms with van der Waals surface area (Å²) in [5.41, 5.74) is 5.69. The van der Waals surface area contributed by atoms with Gasteiger partial charge in [-0.15, -0.1) is 11.3 Å². The van der Waals surface area contributed by atoms with Gasteiger partial charge in [0.1, 0.15) is 5.75 Å². The van der Waals surface area contributed by atoms with Gasteiger partial charge >= 0.3 is 0 Å². The molecule has 3 aromatic rings. The fraction of sp³-hybridized carbons (Fsp3) is 0.136. The number of para-hydroxylation sites is 1. The van der Waals surface area contributed by atoms with Gasteiger partial charge in [0.25, 0.3) is 17.7 Å². The zero-order valence-corrected chi connectivity index (χ0v) is 17.3. The molecule has 0 radical (unpaired) electrons. The minimum atomic E-state index is -0.551. The van der Waals surface area contributed by atoms with Crippen LogP contribution in [0.1, 0.15) is 44.2 Å². The van der Waals surface area contributed by atoms with E-state index >= 15 is 0 Å². The van der Waals surface area contributed by atoms with Gasteiger partial charge in [-0.2, -0.15) is 0 Å². The molecule has 3 rings (SSSR count). The standard InChI is InChI=1S/C22H21N3O4S/c1-14(2)29-16-11-9-15(10-12-16)20(26)24-25-21(27)17-6-3-4-7-18(17)23-22(28)19-8-5-13-30-19/h3-14H,1-2H3,(H,23,28)(H,24,26)(H,25,27). The molecule has 0 aliphatic rings. The molecule has 3 amide bonds. The molecule has 0 spiro atoms. The van der Waals surface area contributed by atoms with Gasteiger partial charge in [0.05, 0.1) is 22.2 Å². The lowest BCUT2D eigenvalue weighted by Gasteiger charge is -2.12. The molecule has 2 aromatic carbocycles. The van der Waals surface area contributed by atoms with Crippen LogP contribution in [-0.2, 0) is 0 Å². The van der Waals surface area contributed by atoms with Gasteiger partial charge in [0, 0.05) is 5.56 Å². The summed E-state index contributed by atoms with van der Waals surface area (Å²) >= 11 is 1.30. The number of hydrogen-bond donors (Lipinski definition) is 3. The largest absolute Gasteiger partial charge is 0.491 e. The Labute approximate surface area is 178 Å². The fourth-order valence-electron chi connectivity index (χ4n) is 2.59. The summed E-state index contributed by atoms with van der Waals surface area (Å²) in [6.45, 7) is 3.83. The van der Waals surface area contributed by atoms with Crippen molar-refractivity contribution in [3.05, 3.63) is 82.0 Å². The van der Waals surface area contributed by atoms with Gasteiger partial charge in [-0.05, 0) is 61.7 Å². The molecular weight excluding hydrogens is 402 g/mol. The van der Waals surface area contributed by atoms with Crippen LogP contribution in [0.3, 0.4) is 0 Å². The van der Waals surface area contributed by atoms with E-state index in [1.165, 1.54) is 11.3 Å². The van der Waals surface area contributed by atoms with E-state index in [0.717, 1.165) is 0 Å². The topological polar surface area (TPSA) is 96.5 Å². The van der Waals surface area contributed by atoms with Crippen LogP contribution in [0.15, 0.2) is 66.0 Å². The summed E-state index contributed by atoms with van der Waals surface area (Å²) in [7, 11) is 0. The molecule has 1 heterocycles. The molecule has 3 N–H and O–H groups in total. The van der Waals surface area contributed by atoms with Crippen molar-refractivity contribution in [1.29, 1.82) is 0 Å². The van der Waals surface area contributed by atoms with E-state index in [1.807, 2.05) is 13.8 Å². The first kappa shape index (κ1) is 21.1. The van der Waals surface area contributed by atoms with Crippen LogP contribution < -0.4 is 20.9 Å². The predicted octanol–water partition coefficient (Wildman–Crippen LogP) is 3.86. The monoisotopic (exact) mass is 423 g/mol. The van der Waals surface area contributed by atoms with E-state index in [-0.39, 0.29) is 17.6 Å². The van der Waals surface area contributed by atoms with Crippen molar-refractivity contribution in [1.82, 2.24) is 10.9 Å². The number of carbonyl (C=O) groups excluding carboxylic acids is 3. The summed E-state index contributed by atoms with van der Waals surface area (Å²) in [6, 6.07) is 16.6. The number of anilines is 1. The number of benzene rings is 2. The summed E-state index contributed by atoms with van der Waals surface area (Å²) in [5, 5.41) is 4.52. The van der Waals surface area contributed by atoms with Crippen LogP contribution in [0, 0.1) is 0 Å². The van der Waals surface area contributed by atoms with Crippen molar-refractivity contribution in [3.8, 4) is 5.75 Å². The van der Waals surface area contributed by atoms with E-state index in [2.05, 4.69) is 16.2 Å². The molecule has 0 saturated carbocycles. The molecule has 8 heteroatoms. The second-order valence-electron chi connectivity index (χ2n) is 6.58. The van der Waals surface area contributed by atoms with Gasteiger partial charge in [-0.3, -0.25) is 25.2 Å². The lowest BCUT2D eigenvalue weighted by molar-refractivity contribution is 0.0847. The highest BCUT2D eigenvalue weighted by molar-refractivity contribution is 7.12. The molecule has 0 aliphatic heterocycles. The minimum Gasteiger partial charge on any atom is -0.491 e. The van der Waals surface area contributed by atoms with Crippen LogP contribution in [0.5, 0.6) is 5.75 Å². The van der Waals surface area contributed by atoms with Gasteiger partial charge < -0.3 is 10.1 Å². The summed E-state index contributed by atoms with van der Waals surface area (Å²) in [6.07, 6.45) is 0.0318. The van der Waals surface area contributed by atoms with Gasteiger partial charge in [0.2, 0.25) is 0 Å². The number of hydrogen-bond acceptors (Lipinski definition) is 5. The van der Waals surface area contributed by atoms with Crippen LogP contribution in [0.4, 0.5) is 5.69 Å². The Morgan fingerprint density at radius 3 is 2.20 bits per heavy atom. The lowest BCUT2D eigenvalue weighted by Crippen LogP contribution is -2.41. The first-order valence-corrected chi connectivity index (χ1v) is 10.1. The number of hydrazine groups is 1. The molecule has 1 aromatic heterocycles. The van der Waals surface area contributed by atoms with Crippen molar-refractivity contribution in [3.63, 3.8) is 0 Å². The van der Waals surface area contributed by atoms with E-state index in [0.29, 0.717) is 21.9 Å². The van der Waals surface area contributed by atoms with Crippen molar-refractivity contribution in [2.24, 2.45) is 0 Å². The molecule has 7 nitrogen and oxygen atoms in total. The average molecular weight is 423 g/mol. The molecule has 30 heavy (non-hydrogen) atoms. The number of rotatable bonds is 6. The van der Waals surface area contributed by atoms with Crippen LogP contribution in [0.25, 0.3) is 0 Å². The Morgan fingerprint density at radius 2 is 1.53 bits per heavy atom. The average Bonchev–Trinajstić information content (AvgIpc) is 3.27. The van der Waals surface area contributed by atoms with Gasteiger partial charge in [-0.1, -0.05) is 18.2 Å². The maximum Gasteiger partial charge on any atom is 0.271 e. The molecule has 154 valence electrons. The quantitative estimate of drug-likeness (QED) is 0.525. The normalized spacial score (nSPS) is 10.4. The van der Waals surface area contributed by atoms with E-state index in [4.69, 9.17) is 4.74 Å². The Hall–Kier alpha value is -3.65. The van der Waals surface area contributed by atoms with E-state index in [9.17, 15) is 14.4 Å². The summed E-state index contributed by atoms with van der Waals surface area (Å²) in [4.78, 5) is 37.7. The Morgan fingerprint density at radius 1 is 0.833 bits per heavy atom. The maximum atomic E-state index is 12.6. The molecule has 0 atom stereocenters. The van der Waals surface area contributed by atoms with E-state index < -0.39 is 11.8 Å². The number of ether oxygens (including phenoxy) is 1. The van der Waals surface area contributed by atoms with Crippen LogP contribution in [-0.4, -0.2) is 23.8 Å². The smallest absolute Gasteiger partial charge is 0.271 e. The zero-order valence-electron chi connectivity index (χ0n) is 16.5. The van der Waals surface area contributed by atoms with E-state index in [1.54, 1.807) is 66.0 Å². The number of nitrogens with one attached hydrogen (secondary N) is 3. The third-order valence-electron chi connectivity index (χ3n) is 3.94. The second-order valence-corrected chi connectivity index (χ2v) is 7.52. The Kier molecular flexibility index (Phi) is 6.82. The highest BCUT2D eigenvalue weighted by Crippen LogP contribution is 2.18. The fourth-order valence-corrected chi connectivity index (χ4v) is 3.21.